The van der Waals surface area contributed by atoms with Crippen LogP contribution in [0.4, 0.5) is 0 Å². The van der Waals surface area contributed by atoms with Crippen LogP contribution < -0.4 is 4.74 Å². The summed E-state index contributed by atoms with van der Waals surface area (Å²) in [6.07, 6.45) is 1.95. The number of allylic oxidation sites excluding steroid dienone is 1. The fourth-order valence-electron chi connectivity index (χ4n) is 3.61. The van der Waals surface area contributed by atoms with E-state index in [0.29, 0.717) is 16.3 Å². The zero-order valence-corrected chi connectivity index (χ0v) is 17.4. The van der Waals surface area contributed by atoms with Gasteiger partial charge in [-0.05, 0) is 42.0 Å². The summed E-state index contributed by atoms with van der Waals surface area (Å²) >= 11 is 1.49. The molecule has 0 unspecified atom stereocenters. The van der Waals surface area contributed by atoms with E-state index in [-0.39, 0.29) is 17.9 Å². The number of para-hydroxylation sites is 1. The van der Waals surface area contributed by atoms with E-state index in [9.17, 15) is 10.1 Å². The van der Waals surface area contributed by atoms with Gasteiger partial charge in [0.1, 0.15) is 16.8 Å². The Morgan fingerprint density at radius 2 is 1.94 bits per heavy atom. The minimum atomic E-state index is -0.712. The van der Waals surface area contributed by atoms with Crippen molar-refractivity contribution in [1.82, 2.24) is 4.98 Å². The van der Waals surface area contributed by atoms with Crippen LogP contribution >= 0.6 is 11.3 Å². The van der Waals surface area contributed by atoms with Crippen LogP contribution in [0.3, 0.4) is 0 Å². The first-order valence-corrected chi connectivity index (χ1v) is 10.6. The number of ether oxygens (including phenoxy) is 2. The summed E-state index contributed by atoms with van der Waals surface area (Å²) in [5.41, 5.74) is 2.15. The molecule has 1 aliphatic heterocycles. The first-order valence-electron chi connectivity index (χ1n) is 9.78. The maximum absolute atomic E-state index is 12.5. The molecule has 6 heteroatoms. The Morgan fingerprint density at radius 3 is 2.74 bits per heavy atom. The molecule has 0 amide bonds. The summed E-state index contributed by atoms with van der Waals surface area (Å²) in [6, 6.07) is 21.6. The Balaban J connectivity index is 1.80. The molecular formula is C25H16N2O3S. The molecule has 0 fully saturated rings. The highest BCUT2D eigenvalue weighted by Crippen LogP contribution is 2.43. The number of fused-ring (bicyclic) bond motifs is 4. The molecule has 0 aliphatic carbocycles. The smallest absolute Gasteiger partial charge is 0.352 e. The van der Waals surface area contributed by atoms with Gasteiger partial charge in [-0.3, -0.25) is 0 Å². The molecule has 0 atom stereocenters. The topological polar surface area (TPSA) is 72.2 Å². The lowest BCUT2D eigenvalue weighted by Crippen LogP contribution is -2.15. The van der Waals surface area contributed by atoms with Crippen LogP contribution in [0.15, 0.2) is 72.0 Å². The molecular weight excluding hydrogens is 408 g/mol. The van der Waals surface area contributed by atoms with Crippen LogP contribution in [0.25, 0.3) is 32.6 Å². The van der Waals surface area contributed by atoms with Crippen LogP contribution in [0.2, 0.25) is 0 Å². The van der Waals surface area contributed by atoms with Crippen molar-refractivity contribution in [1.29, 1.82) is 5.26 Å². The van der Waals surface area contributed by atoms with Crippen molar-refractivity contribution in [2.24, 2.45) is 0 Å². The van der Waals surface area contributed by atoms with E-state index in [0.717, 1.165) is 26.6 Å². The number of hydrogen-bond donors (Lipinski definition) is 0. The molecule has 0 saturated heterocycles. The maximum Gasteiger partial charge on any atom is 0.352 e. The summed E-state index contributed by atoms with van der Waals surface area (Å²) in [7, 11) is 0. The van der Waals surface area contributed by atoms with Gasteiger partial charge in [0, 0.05) is 5.56 Å². The number of rotatable bonds is 3. The standard InChI is InChI=1S/C25H16N2O3S/c1-2-29-25(28)19(14-26)23-18(24-27-20-9-5-6-10-22(20)31-24)13-17-16-8-4-3-7-15(16)11-12-21(17)30-23/h3-13H,2H2,1H3/b23-19-. The van der Waals surface area contributed by atoms with E-state index >= 15 is 0 Å². The maximum atomic E-state index is 12.5. The Hall–Kier alpha value is -3.95. The molecule has 31 heavy (non-hydrogen) atoms. The predicted octanol–water partition coefficient (Wildman–Crippen LogP) is 5.72. The number of carbonyl (C=O) groups is 1. The Kier molecular flexibility index (Phi) is 4.73. The van der Waals surface area contributed by atoms with Crippen molar-refractivity contribution >= 4 is 49.9 Å². The Labute approximate surface area is 182 Å². The number of hydrogen-bond acceptors (Lipinski definition) is 6. The lowest BCUT2D eigenvalue weighted by molar-refractivity contribution is -0.138. The SMILES string of the molecule is CCOC(=O)/C(C#N)=C1\Oc2ccc3ccccc3c2C=C1c1nc2ccccc2s1. The van der Waals surface area contributed by atoms with Crippen molar-refractivity contribution in [2.75, 3.05) is 6.61 Å². The molecule has 0 spiro atoms. The number of aromatic nitrogens is 1. The number of carbonyl (C=O) groups excluding carboxylic acids is 1. The average molecular weight is 424 g/mol. The Bertz CT molecular complexity index is 1420. The van der Waals surface area contributed by atoms with Gasteiger partial charge in [0.05, 0.1) is 22.4 Å². The number of esters is 1. The van der Waals surface area contributed by atoms with Crippen LogP contribution in [0, 0.1) is 11.3 Å². The zero-order chi connectivity index (χ0) is 21.4. The lowest BCUT2D eigenvalue weighted by atomic mass is 9.97. The summed E-state index contributed by atoms with van der Waals surface area (Å²) in [4.78, 5) is 17.3. The van der Waals surface area contributed by atoms with Gasteiger partial charge in [0.15, 0.2) is 11.3 Å². The van der Waals surface area contributed by atoms with Gasteiger partial charge in [-0.15, -0.1) is 11.3 Å². The fraction of sp³-hybridized carbons (Fsp3) is 0.0800. The third-order valence-corrected chi connectivity index (χ3v) is 6.09. The van der Waals surface area contributed by atoms with Gasteiger partial charge >= 0.3 is 5.97 Å². The normalized spacial score (nSPS) is 14.4. The molecule has 0 radical (unpaired) electrons. The van der Waals surface area contributed by atoms with Crippen molar-refractivity contribution in [3.05, 3.63) is 82.6 Å². The van der Waals surface area contributed by atoms with E-state index < -0.39 is 5.97 Å². The van der Waals surface area contributed by atoms with E-state index in [1.807, 2.05) is 72.8 Å². The van der Waals surface area contributed by atoms with Crippen LogP contribution in [0.5, 0.6) is 5.75 Å². The van der Waals surface area contributed by atoms with Crippen molar-refractivity contribution in [3.63, 3.8) is 0 Å². The highest BCUT2D eigenvalue weighted by atomic mass is 32.1. The minimum absolute atomic E-state index is 0.165. The van der Waals surface area contributed by atoms with Gasteiger partial charge < -0.3 is 9.47 Å². The predicted molar refractivity (Wildman–Crippen MR) is 121 cm³/mol. The minimum Gasteiger partial charge on any atom is -0.462 e. The molecule has 5 nitrogen and oxygen atoms in total. The molecule has 3 aromatic carbocycles. The quantitative estimate of drug-likeness (QED) is 0.239. The first kappa shape index (κ1) is 19.0. The number of benzene rings is 3. The van der Waals surface area contributed by atoms with E-state index in [2.05, 4.69) is 0 Å². The van der Waals surface area contributed by atoms with E-state index in [1.165, 1.54) is 11.3 Å². The van der Waals surface area contributed by atoms with Crippen LogP contribution in [0.1, 0.15) is 17.5 Å². The third kappa shape index (κ3) is 3.25. The van der Waals surface area contributed by atoms with Gasteiger partial charge in [-0.1, -0.05) is 42.5 Å². The van der Waals surface area contributed by atoms with Gasteiger partial charge in [0.25, 0.3) is 0 Å². The second-order valence-electron chi connectivity index (χ2n) is 6.88. The highest BCUT2D eigenvalue weighted by molar-refractivity contribution is 7.19. The monoisotopic (exact) mass is 424 g/mol. The van der Waals surface area contributed by atoms with Gasteiger partial charge in [-0.2, -0.15) is 5.26 Å². The van der Waals surface area contributed by atoms with Crippen molar-refractivity contribution in [2.45, 2.75) is 6.92 Å². The number of thiazole rings is 1. The number of nitriles is 1. The van der Waals surface area contributed by atoms with Gasteiger partial charge in [0.2, 0.25) is 0 Å². The summed E-state index contributed by atoms with van der Waals surface area (Å²) in [5, 5.41) is 12.5. The summed E-state index contributed by atoms with van der Waals surface area (Å²) in [5.74, 6) is 0.0367. The lowest BCUT2D eigenvalue weighted by Gasteiger charge is -2.21. The van der Waals surface area contributed by atoms with Gasteiger partial charge in [-0.25, -0.2) is 9.78 Å². The molecule has 4 aromatic rings. The molecule has 0 saturated carbocycles. The van der Waals surface area contributed by atoms with Crippen LogP contribution in [-0.4, -0.2) is 17.6 Å². The number of nitrogens with zero attached hydrogens (tertiary/aromatic N) is 2. The first-order chi connectivity index (χ1) is 15.2. The molecule has 1 aromatic heterocycles. The molecule has 0 bridgehead atoms. The van der Waals surface area contributed by atoms with E-state index in [1.54, 1.807) is 6.92 Å². The molecule has 150 valence electrons. The molecule has 0 N–H and O–H groups in total. The fourth-order valence-corrected chi connectivity index (χ4v) is 4.59. The van der Waals surface area contributed by atoms with Crippen LogP contribution in [-0.2, 0) is 9.53 Å². The molecule has 5 rings (SSSR count). The second kappa shape index (κ2) is 7.71. The molecule has 1 aliphatic rings. The second-order valence-corrected chi connectivity index (χ2v) is 7.91. The Morgan fingerprint density at radius 1 is 1.13 bits per heavy atom. The highest BCUT2D eigenvalue weighted by Gasteiger charge is 2.29. The van der Waals surface area contributed by atoms with Crippen molar-refractivity contribution < 1.29 is 14.3 Å². The third-order valence-electron chi connectivity index (χ3n) is 5.02. The molecule has 2 heterocycles. The average Bonchev–Trinajstić information content (AvgIpc) is 3.23. The van der Waals surface area contributed by atoms with E-state index in [4.69, 9.17) is 14.5 Å². The summed E-state index contributed by atoms with van der Waals surface area (Å²) in [6.45, 7) is 1.86. The largest absolute Gasteiger partial charge is 0.462 e. The van der Waals surface area contributed by atoms with Crippen molar-refractivity contribution in [3.8, 4) is 11.8 Å². The zero-order valence-electron chi connectivity index (χ0n) is 16.6. The summed E-state index contributed by atoms with van der Waals surface area (Å²) < 4.78 is 12.3.